The van der Waals surface area contributed by atoms with E-state index < -0.39 is 0 Å². The van der Waals surface area contributed by atoms with Crippen LogP contribution in [0.25, 0.3) is 0 Å². The molecule has 0 spiro atoms. The van der Waals surface area contributed by atoms with Crippen LogP contribution in [-0.2, 0) is 16.0 Å². The zero-order chi connectivity index (χ0) is 13.2. The van der Waals surface area contributed by atoms with Crippen molar-refractivity contribution in [3.05, 3.63) is 33.8 Å². The number of halogens is 2. The van der Waals surface area contributed by atoms with E-state index in [2.05, 4.69) is 12.2 Å². The molecule has 0 atom stereocenters. The van der Waals surface area contributed by atoms with Gasteiger partial charge in [-0.15, -0.1) is 0 Å². The SMILES string of the molecule is CC1(CNC(=O)Cc2ccc(Cl)c(Cl)c2)COC1. The molecule has 5 heteroatoms. The van der Waals surface area contributed by atoms with Gasteiger partial charge >= 0.3 is 0 Å². The smallest absolute Gasteiger partial charge is 0.224 e. The lowest BCUT2D eigenvalue weighted by Gasteiger charge is -2.38. The van der Waals surface area contributed by atoms with Crippen molar-refractivity contribution in [2.45, 2.75) is 13.3 Å². The number of carbonyl (C=O) groups excluding carboxylic acids is 1. The molecule has 3 nitrogen and oxygen atoms in total. The average Bonchev–Trinajstić information content (AvgIpc) is 2.29. The molecular weight excluding hydrogens is 273 g/mol. The molecule has 1 aliphatic rings. The Balaban J connectivity index is 1.85. The van der Waals surface area contributed by atoms with Crippen LogP contribution in [0, 0.1) is 5.41 Å². The van der Waals surface area contributed by atoms with Gasteiger partial charge in [0.2, 0.25) is 5.91 Å². The average molecular weight is 288 g/mol. The van der Waals surface area contributed by atoms with E-state index in [1.54, 1.807) is 12.1 Å². The topological polar surface area (TPSA) is 38.3 Å². The summed E-state index contributed by atoms with van der Waals surface area (Å²) in [7, 11) is 0. The fourth-order valence-corrected chi connectivity index (χ4v) is 2.08. The molecular formula is C13H15Cl2NO2. The second-order valence-corrected chi connectivity index (χ2v) is 5.82. The number of carbonyl (C=O) groups is 1. The molecule has 0 bridgehead atoms. The summed E-state index contributed by atoms with van der Waals surface area (Å²) in [4.78, 5) is 11.8. The standard InChI is InChI=1S/C13H15Cl2NO2/c1-13(7-18-8-13)6-16-12(17)5-9-2-3-10(14)11(15)4-9/h2-4H,5-8H2,1H3,(H,16,17). The molecule has 0 saturated carbocycles. The van der Waals surface area contributed by atoms with E-state index in [1.165, 1.54) is 0 Å². The maximum absolute atomic E-state index is 11.8. The van der Waals surface area contributed by atoms with Gasteiger partial charge in [-0.05, 0) is 17.7 Å². The maximum Gasteiger partial charge on any atom is 0.224 e. The van der Waals surface area contributed by atoms with E-state index in [4.69, 9.17) is 27.9 Å². The molecule has 98 valence electrons. The van der Waals surface area contributed by atoms with E-state index in [-0.39, 0.29) is 11.3 Å². The van der Waals surface area contributed by atoms with Gasteiger partial charge in [-0.2, -0.15) is 0 Å². The van der Waals surface area contributed by atoms with Crippen molar-refractivity contribution in [2.75, 3.05) is 19.8 Å². The first-order valence-electron chi connectivity index (χ1n) is 5.77. The molecule has 1 fully saturated rings. The number of hydrogen-bond acceptors (Lipinski definition) is 2. The summed E-state index contributed by atoms with van der Waals surface area (Å²) >= 11 is 11.7. The number of amides is 1. The molecule has 1 aromatic rings. The lowest BCUT2D eigenvalue weighted by Crippen LogP contribution is -2.48. The highest BCUT2D eigenvalue weighted by Gasteiger charge is 2.33. The molecule has 0 aliphatic carbocycles. The first-order valence-corrected chi connectivity index (χ1v) is 6.52. The maximum atomic E-state index is 11.8. The number of nitrogens with one attached hydrogen (secondary N) is 1. The molecule has 18 heavy (non-hydrogen) atoms. The second kappa shape index (κ2) is 5.47. The predicted octanol–water partition coefficient (Wildman–Crippen LogP) is 2.69. The van der Waals surface area contributed by atoms with Gasteiger partial charge in [-0.25, -0.2) is 0 Å². The van der Waals surface area contributed by atoms with Gasteiger partial charge in [0, 0.05) is 12.0 Å². The van der Waals surface area contributed by atoms with Gasteiger partial charge < -0.3 is 10.1 Å². The predicted molar refractivity (Wildman–Crippen MR) is 72.1 cm³/mol. The molecule has 1 amide bonds. The molecule has 1 heterocycles. The minimum absolute atomic E-state index is 0.0125. The second-order valence-electron chi connectivity index (χ2n) is 5.01. The van der Waals surface area contributed by atoms with Gasteiger partial charge in [0.25, 0.3) is 0 Å². The van der Waals surface area contributed by atoms with Crippen LogP contribution in [0.15, 0.2) is 18.2 Å². The van der Waals surface area contributed by atoms with Crippen molar-refractivity contribution < 1.29 is 9.53 Å². The lowest BCUT2D eigenvalue weighted by atomic mass is 9.89. The van der Waals surface area contributed by atoms with Gasteiger partial charge in [0.15, 0.2) is 0 Å². The third kappa shape index (κ3) is 3.37. The lowest BCUT2D eigenvalue weighted by molar-refractivity contribution is -0.126. The largest absolute Gasteiger partial charge is 0.380 e. The van der Waals surface area contributed by atoms with E-state index >= 15 is 0 Å². The van der Waals surface area contributed by atoms with Crippen molar-refractivity contribution >= 4 is 29.1 Å². The fourth-order valence-electron chi connectivity index (χ4n) is 1.76. The van der Waals surface area contributed by atoms with Crippen LogP contribution < -0.4 is 5.32 Å². The molecule has 0 unspecified atom stereocenters. The zero-order valence-electron chi connectivity index (χ0n) is 10.1. The summed E-state index contributed by atoms with van der Waals surface area (Å²) in [6.45, 7) is 4.16. The van der Waals surface area contributed by atoms with Gasteiger partial charge in [0.1, 0.15) is 0 Å². The highest BCUT2D eigenvalue weighted by molar-refractivity contribution is 6.42. The summed E-state index contributed by atoms with van der Waals surface area (Å²) in [6.07, 6.45) is 0.313. The van der Waals surface area contributed by atoms with E-state index in [1.807, 2.05) is 6.07 Å². The Bertz CT molecular complexity index is 458. The third-order valence-electron chi connectivity index (χ3n) is 2.96. The first-order chi connectivity index (χ1) is 8.48. The van der Waals surface area contributed by atoms with Crippen LogP contribution in [0.2, 0.25) is 10.0 Å². The Morgan fingerprint density at radius 1 is 1.39 bits per heavy atom. The van der Waals surface area contributed by atoms with Gasteiger partial charge in [-0.3, -0.25) is 4.79 Å². The Kier molecular flexibility index (Phi) is 4.15. The number of ether oxygens (including phenoxy) is 1. The number of benzene rings is 1. The minimum Gasteiger partial charge on any atom is -0.380 e. The number of hydrogen-bond donors (Lipinski definition) is 1. The van der Waals surface area contributed by atoms with Gasteiger partial charge in [-0.1, -0.05) is 36.2 Å². The molecule has 2 rings (SSSR count). The fraction of sp³-hybridized carbons (Fsp3) is 0.462. The van der Waals surface area contributed by atoms with Crippen molar-refractivity contribution in [3.8, 4) is 0 Å². The summed E-state index contributed by atoms with van der Waals surface area (Å²) in [6, 6.07) is 5.23. The molecule has 0 aromatic heterocycles. The molecule has 1 aliphatic heterocycles. The van der Waals surface area contributed by atoms with Crippen molar-refractivity contribution in [3.63, 3.8) is 0 Å². The Labute approximate surface area is 116 Å². The van der Waals surface area contributed by atoms with Crippen molar-refractivity contribution in [2.24, 2.45) is 5.41 Å². The first kappa shape index (κ1) is 13.7. The molecule has 1 aromatic carbocycles. The van der Waals surface area contributed by atoms with Crippen LogP contribution in [0.1, 0.15) is 12.5 Å². The number of rotatable bonds is 4. The van der Waals surface area contributed by atoms with Crippen LogP contribution in [0.5, 0.6) is 0 Å². The molecule has 1 N–H and O–H groups in total. The normalized spacial score (nSPS) is 17.1. The highest BCUT2D eigenvalue weighted by Crippen LogP contribution is 2.25. The highest BCUT2D eigenvalue weighted by atomic mass is 35.5. The Hall–Kier alpha value is -0.770. The summed E-state index contributed by atoms with van der Waals surface area (Å²) in [5, 5.41) is 3.89. The van der Waals surface area contributed by atoms with Crippen molar-refractivity contribution in [1.82, 2.24) is 5.32 Å². The van der Waals surface area contributed by atoms with Crippen LogP contribution in [0.4, 0.5) is 0 Å². The van der Waals surface area contributed by atoms with Crippen LogP contribution in [-0.4, -0.2) is 25.7 Å². The monoisotopic (exact) mass is 287 g/mol. The van der Waals surface area contributed by atoms with E-state index in [0.29, 0.717) is 36.2 Å². The molecule has 0 radical (unpaired) electrons. The van der Waals surface area contributed by atoms with Crippen LogP contribution in [0.3, 0.4) is 0 Å². The van der Waals surface area contributed by atoms with E-state index in [9.17, 15) is 4.79 Å². The minimum atomic E-state index is -0.0125. The molecule has 1 saturated heterocycles. The van der Waals surface area contributed by atoms with Crippen molar-refractivity contribution in [1.29, 1.82) is 0 Å². The third-order valence-corrected chi connectivity index (χ3v) is 3.70. The Morgan fingerprint density at radius 3 is 2.67 bits per heavy atom. The van der Waals surface area contributed by atoms with Crippen LogP contribution >= 0.6 is 23.2 Å². The summed E-state index contributed by atoms with van der Waals surface area (Å²) in [5.41, 5.74) is 0.949. The Morgan fingerprint density at radius 2 is 2.11 bits per heavy atom. The van der Waals surface area contributed by atoms with Gasteiger partial charge in [0.05, 0.1) is 29.7 Å². The van der Waals surface area contributed by atoms with E-state index in [0.717, 1.165) is 5.56 Å². The summed E-state index contributed by atoms with van der Waals surface area (Å²) in [5.74, 6) is -0.0125. The quantitative estimate of drug-likeness (QED) is 0.925. The zero-order valence-corrected chi connectivity index (χ0v) is 11.6. The summed E-state index contributed by atoms with van der Waals surface area (Å²) < 4.78 is 5.13.